The van der Waals surface area contributed by atoms with Gasteiger partial charge in [-0.15, -0.1) is 0 Å². The van der Waals surface area contributed by atoms with Crippen LogP contribution in [0.1, 0.15) is 18.4 Å². The molecule has 0 atom stereocenters. The third-order valence-electron chi connectivity index (χ3n) is 7.54. The van der Waals surface area contributed by atoms with Gasteiger partial charge in [-0.2, -0.15) is 22.5 Å². The van der Waals surface area contributed by atoms with Gasteiger partial charge < -0.3 is 16.0 Å². The lowest BCUT2D eigenvalue weighted by Crippen LogP contribution is -2.49. The molecule has 1 fully saturated rings. The SMILES string of the molecule is O=S(=O)(c1ccc(Nc2nccc(Nc3ccc(F)cc3)n2)cc1)N(CCNCC(F)(F)F)C1CCN(Cc2ccccc2)CC1. The van der Waals surface area contributed by atoms with Gasteiger partial charge >= 0.3 is 6.18 Å². The van der Waals surface area contributed by atoms with Crippen LogP contribution in [-0.4, -0.2) is 72.5 Å². The van der Waals surface area contributed by atoms with E-state index in [2.05, 4.69) is 30.8 Å². The first kappa shape index (κ1) is 33.3. The van der Waals surface area contributed by atoms with Gasteiger partial charge in [0.2, 0.25) is 16.0 Å². The molecule has 0 saturated carbocycles. The Hall–Kier alpha value is -4.11. The summed E-state index contributed by atoms with van der Waals surface area (Å²) in [4.78, 5) is 10.9. The highest BCUT2D eigenvalue weighted by Gasteiger charge is 2.34. The number of sulfonamides is 1. The lowest BCUT2D eigenvalue weighted by atomic mass is 10.0. The fraction of sp³-hybridized carbons (Fsp3) is 0.312. The van der Waals surface area contributed by atoms with E-state index in [-0.39, 0.29) is 35.8 Å². The van der Waals surface area contributed by atoms with Crippen molar-refractivity contribution in [3.05, 3.63) is 103 Å². The molecule has 0 unspecified atom stereocenters. The fourth-order valence-electron chi connectivity index (χ4n) is 5.27. The van der Waals surface area contributed by atoms with Gasteiger partial charge in [-0.3, -0.25) is 4.90 Å². The molecule has 0 amide bonds. The number of hydrogen-bond donors (Lipinski definition) is 3. The van der Waals surface area contributed by atoms with Gasteiger partial charge in [0.15, 0.2) is 0 Å². The molecular weight excluding hydrogens is 622 g/mol. The molecular formula is C32H35F4N7O2S. The van der Waals surface area contributed by atoms with E-state index in [1.807, 2.05) is 30.3 Å². The third-order valence-corrected chi connectivity index (χ3v) is 9.50. The largest absolute Gasteiger partial charge is 0.401 e. The highest BCUT2D eigenvalue weighted by molar-refractivity contribution is 7.89. The van der Waals surface area contributed by atoms with Crippen molar-refractivity contribution in [3.63, 3.8) is 0 Å². The van der Waals surface area contributed by atoms with Gasteiger partial charge in [-0.25, -0.2) is 17.8 Å². The summed E-state index contributed by atoms with van der Waals surface area (Å²) in [7, 11) is -4.03. The average molecular weight is 658 g/mol. The predicted octanol–water partition coefficient (Wildman–Crippen LogP) is 5.91. The van der Waals surface area contributed by atoms with Crippen LogP contribution in [0.2, 0.25) is 0 Å². The number of aromatic nitrogens is 2. The molecule has 1 aromatic heterocycles. The maximum Gasteiger partial charge on any atom is 0.401 e. The Bertz CT molecular complexity index is 1650. The van der Waals surface area contributed by atoms with E-state index in [1.165, 1.54) is 34.8 Å². The van der Waals surface area contributed by atoms with Crippen LogP contribution in [0.5, 0.6) is 0 Å². The maximum absolute atomic E-state index is 13.9. The van der Waals surface area contributed by atoms with E-state index in [1.54, 1.807) is 30.3 Å². The van der Waals surface area contributed by atoms with Crippen molar-refractivity contribution < 1.29 is 26.0 Å². The molecule has 1 aliphatic rings. The average Bonchev–Trinajstić information content (AvgIpc) is 3.03. The first-order valence-electron chi connectivity index (χ1n) is 14.8. The van der Waals surface area contributed by atoms with Crippen molar-refractivity contribution in [2.45, 2.75) is 36.5 Å². The first-order chi connectivity index (χ1) is 22.0. The van der Waals surface area contributed by atoms with Gasteiger partial charge in [-0.05, 0) is 73.0 Å². The number of rotatable bonds is 13. The number of anilines is 4. The minimum absolute atomic E-state index is 0.0354. The van der Waals surface area contributed by atoms with Gasteiger partial charge in [0.25, 0.3) is 0 Å². The summed E-state index contributed by atoms with van der Waals surface area (Å²) in [5.74, 6) is 0.363. The molecule has 0 bridgehead atoms. The van der Waals surface area contributed by atoms with Crippen molar-refractivity contribution >= 4 is 33.2 Å². The number of alkyl halides is 3. The fourth-order valence-corrected chi connectivity index (χ4v) is 6.96. The van der Waals surface area contributed by atoms with E-state index >= 15 is 0 Å². The molecule has 3 N–H and O–H groups in total. The number of halogens is 4. The minimum atomic E-state index is -4.39. The van der Waals surface area contributed by atoms with Crippen LogP contribution >= 0.6 is 0 Å². The smallest absolute Gasteiger partial charge is 0.340 e. The summed E-state index contributed by atoms with van der Waals surface area (Å²) >= 11 is 0. The van der Waals surface area contributed by atoms with Gasteiger partial charge in [0.1, 0.15) is 11.6 Å². The highest BCUT2D eigenvalue weighted by Crippen LogP contribution is 2.27. The summed E-state index contributed by atoms with van der Waals surface area (Å²) in [5, 5.41) is 8.43. The minimum Gasteiger partial charge on any atom is -0.340 e. The Kier molecular flexibility index (Phi) is 10.8. The van der Waals surface area contributed by atoms with Gasteiger partial charge in [-0.1, -0.05) is 30.3 Å². The monoisotopic (exact) mass is 657 g/mol. The maximum atomic E-state index is 13.9. The third kappa shape index (κ3) is 9.45. The molecule has 46 heavy (non-hydrogen) atoms. The lowest BCUT2D eigenvalue weighted by Gasteiger charge is -2.38. The number of nitrogens with zero attached hydrogens (tertiary/aromatic N) is 4. The van der Waals surface area contributed by atoms with Crippen LogP contribution in [0, 0.1) is 5.82 Å². The molecule has 1 aliphatic heterocycles. The molecule has 5 rings (SSSR count). The van der Waals surface area contributed by atoms with Crippen molar-refractivity contribution in [1.29, 1.82) is 0 Å². The van der Waals surface area contributed by atoms with Crippen molar-refractivity contribution in [1.82, 2.24) is 24.5 Å². The molecule has 2 heterocycles. The number of nitrogens with one attached hydrogen (secondary N) is 3. The van der Waals surface area contributed by atoms with Gasteiger partial charge in [0.05, 0.1) is 11.4 Å². The standard InChI is InChI=1S/C32H35F4N7O2S/c33-25-6-8-26(9-7-25)39-30-14-17-38-31(41-30)40-27-10-12-29(13-11-27)46(44,45)43(21-18-37-23-32(34,35)36)28-15-19-42(20-16-28)22-24-4-2-1-3-5-24/h1-14,17,28,37H,15-16,18-23H2,(H2,38,39,40,41). The Labute approximate surface area is 265 Å². The second-order valence-electron chi connectivity index (χ2n) is 10.9. The predicted molar refractivity (Wildman–Crippen MR) is 169 cm³/mol. The second-order valence-corrected chi connectivity index (χ2v) is 12.8. The topological polar surface area (TPSA) is 102 Å². The van der Waals surface area contributed by atoms with Crippen LogP contribution in [0.25, 0.3) is 0 Å². The quantitative estimate of drug-likeness (QED) is 0.121. The molecule has 244 valence electrons. The van der Waals surface area contributed by atoms with E-state index < -0.39 is 22.7 Å². The number of piperidine rings is 1. The van der Waals surface area contributed by atoms with Crippen LogP contribution in [0.4, 0.5) is 40.7 Å². The Morgan fingerprint density at radius 2 is 1.52 bits per heavy atom. The van der Waals surface area contributed by atoms with Crippen LogP contribution in [0.15, 0.2) is 96.0 Å². The molecule has 0 radical (unpaired) electrons. The number of likely N-dealkylation sites (tertiary alicyclic amines) is 1. The molecule has 9 nitrogen and oxygen atoms in total. The molecule has 0 aliphatic carbocycles. The second kappa shape index (κ2) is 15.0. The summed E-state index contributed by atoms with van der Waals surface area (Å²) in [6.07, 6.45) is -1.74. The van der Waals surface area contributed by atoms with Crippen molar-refractivity contribution in [2.75, 3.05) is 43.4 Å². The Balaban J connectivity index is 1.25. The molecule has 0 spiro atoms. The van der Waals surface area contributed by atoms with E-state index in [0.717, 1.165) is 12.1 Å². The highest BCUT2D eigenvalue weighted by atomic mass is 32.2. The Morgan fingerprint density at radius 3 is 2.20 bits per heavy atom. The van der Waals surface area contributed by atoms with E-state index in [9.17, 15) is 26.0 Å². The molecule has 3 aromatic carbocycles. The first-order valence-corrected chi connectivity index (χ1v) is 16.3. The summed E-state index contributed by atoms with van der Waals surface area (Å²) in [6, 6.07) is 23.2. The molecule has 1 saturated heterocycles. The lowest BCUT2D eigenvalue weighted by molar-refractivity contribution is -0.124. The van der Waals surface area contributed by atoms with Crippen LogP contribution < -0.4 is 16.0 Å². The van der Waals surface area contributed by atoms with Crippen LogP contribution in [-0.2, 0) is 16.6 Å². The van der Waals surface area contributed by atoms with Crippen molar-refractivity contribution in [3.8, 4) is 0 Å². The normalized spacial score (nSPS) is 14.8. The van der Waals surface area contributed by atoms with Gasteiger partial charge in [0, 0.05) is 56.3 Å². The van der Waals surface area contributed by atoms with E-state index in [4.69, 9.17) is 0 Å². The zero-order valence-electron chi connectivity index (χ0n) is 24.9. The van der Waals surface area contributed by atoms with E-state index in [0.29, 0.717) is 43.1 Å². The molecule has 14 heteroatoms. The zero-order valence-corrected chi connectivity index (χ0v) is 25.7. The number of benzene rings is 3. The summed E-state index contributed by atoms with van der Waals surface area (Å²) < 4.78 is 80.6. The summed E-state index contributed by atoms with van der Waals surface area (Å²) in [5.41, 5.74) is 2.34. The number of hydrogen-bond acceptors (Lipinski definition) is 8. The van der Waals surface area contributed by atoms with Crippen LogP contribution in [0.3, 0.4) is 0 Å². The summed E-state index contributed by atoms with van der Waals surface area (Å²) in [6.45, 7) is 0.654. The Morgan fingerprint density at radius 1 is 0.870 bits per heavy atom. The molecule has 4 aromatic rings. The van der Waals surface area contributed by atoms with Crippen molar-refractivity contribution in [2.24, 2.45) is 0 Å². The zero-order chi connectivity index (χ0) is 32.6.